The standard InChI is InChI=1S/C10H10N2O2.C6H13NO/c13-9-7-12(10(14)11-9)6-8-4-2-1-3-5-8;1-2-3-4-5-6(7)8/h1-5H,6-7H2,(H,11,13,14);2-5H2,1H3,(H2,7,8). The minimum Gasteiger partial charge on any atom is -0.370 e. The minimum absolute atomic E-state index is 0.160. The molecule has 22 heavy (non-hydrogen) atoms. The van der Waals surface area contributed by atoms with E-state index in [1.165, 1.54) is 4.90 Å². The predicted molar refractivity (Wildman–Crippen MR) is 83.7 cm³/mol. The molecule has 1 aromatic rings. The molecule has 3 N–H and O–H groups in total. The molecule has 1 aromatic carbocycles. The van der Waals surface area contributed by atoms with Gasteiger partial charge in [0.25, 0.3) is 0 Å². The number of amides is 4. The number of nitrogens with one attached hydrogen (secondary N) is 1. The Labute approximate surface area is 130 Å². The third-order valence-electron chi connectivity index (χ3n) is 3.11. The average molecular weight is 305 g/mol. The second-order valence-corrected chi connectivity index (χ2v) is 5.12. The number of benzene rings is 1. The third-order valence-corrected chi connectivity index (χ3v) is 3.11. The van der Waals surface area contributed by atoms with E-state index in [1.54, 1.807) is 0 Å². The molecule has 4 amide bonds. The van der Waals surface area contributed by atoms with Crippen molar-refractivity contribution in [2.45, 2.75) is 39.2 Å². The lowest BCUT2D eigenvalue weighted by Gasteiger charge is -2.12. The molecule has 2 rings (SSSR count). The molecule has 1 fully saturated rings. The van der Waals surface area contributed by atoms with Gasteiger partial charge in [-0.2, -0.15) is 0 Å². The first-order valence-electron chi connectivity index (χ1n) is 7.44. The second kappa shape index (κ2) is 9.55. The van der Waals surface area contributed by atoms with Gasteiger partial charge in [-0.3, -0.25) is 14.9 Å². The number of urea groups is 1. The molecule has 0 radical (unpaired) electrons. The first kappa shape index (κ1) is 17.7. The Kier molecular flexibility index (Phi) is 7.67. The van der Waals surface area contributed by atoms with Crippen LogP contribution in [0, 0.1) is 0 Å². The molecule has 0 aromatic heterocycles. The van der Waals surface area contributed by atoms with Gasteiger partial charge in [0.05, 0.1) is 0 Å². The van der Waals surface area contributed by atoms with Gasteiger partial charge >= 0.3 is 6.03 Å². The fourth-order valence-corrected chi connectivity index (χ4v) is 1.96. The Balaban J connectivity index is 0.000000261. The Morgan fingerprint density at radius 2 is 1.91 bits per heavy atom. The summed E-state index contributed by atoms with van der Waals surface area (Å²) in [5.74, 6) is -0.413. The topological polar surface area (TPSA) is 92.5 Å². The van der Waals surface area contributed by atoms with E-state index in [0.29, 0.717) is 13.0 Å². The third kappa shape index (κ3) is 6.88. The van der Waals surface area contributed by atoms with Gasteiger partial charge in [0, 0.05) is 13.0 Å². The highest BCUT2D eigenvalue weighted by Gasteiger charge is 2.26. The lowest BCUT2D eigenvalue weighted by molar-refractivity contribution is -0.119. The number of carbonyl (C=O) groups excluding carboxylic acids is 3. The summed E-state index contributed by atoms with van der Waals surface area (Å²) in [4.78, 5) is 33.6. The molecule has 1 saturated heterocycles. The van der Waals surface area contributed by atoms with Gasteiger partial charge in [0.2, 0.25) is 11.8 Å². The maximum Gasteiger partial charge on any atom is 0.324 e. The second-order valence-electron chi connectivity index (χ2n) is 5.12. The summed E-state index contributed by atoms with van der Waals surface area (Å²) in [5.41, 5.74) is 5.92. The lowest BCUT2D eigenvalue weighted by atomic mass is 10.2. The summed E-state index contributed by atoms with van der Waals surface area (Å²) >= 11 is 0. The molecule has 0 aliphatic carbocycles. The summed E-state index contributed by atoms with van der Waals surface area (Å²) in [7, 11) is 0. The zero-order chi connectivity index (χ0) is 16.4. The van der Waals surface area contributed by atoms with Crippen LogP contribution in [0.5, 0.6) is 0 Å². The van der Waals surface area contributed by atoms with Crippen molar-refractivity contribution in [3.8, 4) is 0 Å². The van der Waals surface area contributed by atoms with Gasteiger partial charge in [-0.25, -0.2) is 4.79 Å². The summed E-state index contributed by atoms with van der Waals surface area (Å²) in [5, 5.41) is 2.24. The van der Waals surface area contributed by atoms with Gasteiger partial charge in [-0.05, 0) is 12.0 Å². The highest BCUT2D eigenvalue weighted by Crippen LogP contribution is 2.07. The fourth-order valence-electron chi connectivity index (χ4n) is 1.96. The summed E-state index contributed by atoms with van der Waals surface area (Å²) in [6.45, 7) is 2.74. The van der Waals surface area contributed by atoms with Crippen LogP contribution < -0.4 is 11.1 Å². The van der Waals surface area contributed by atoms with E-state index in [4.69, 9.17) is 5.73 Å². The van der Waals surface area contributed by atoms with Crippen LogP contribution >= 0.6 is 0 Å². The van der Waals surface area contributed by atoms with Crippen LogP contribution in [0.2, 0.25) is 0 Å². The predicted octanol–water partition coefficient (Wildman–Crippen LogP) is 1.79. The number of nitrogens with two attached hydrogens (primary N) is 1. The zero-order valence-corrected chi connectivity index (χ0v) is 12.9. The molecule has 0 atom stereocenters. The van der Waals surface area contributed by atoms with Gasteiger partial charge in [-0.15, -0.1) is 0 Å². The molecule has 6 heteroatoms. The van der Waals surface area contributed by atoms with E-state index in [1.807, 2.05) is 30.3 Å². The van der Waals surface area contributed by atoms with Crippen molar-refractivity contribution in [3.05, 3.63) is 35.9 Å². The molecule has 1 heterocycles. The van der Waals surface area contributed by atoms with Crippen LogP contribution in [-0.2, 0) is 16.1 Å². The SMILES string of the molecule is CCCCCC(N)=O.O=C1CN(Cc2ccccc2)C(=O)N1. The average Bonchev–Trinajstić information content (AvgIpc) is 2.79. The number of primary amides is 1. The lowest BCUT2D eigenvalue weighted by Crippen LogP contribution is -2.27. The largest absolute Gasteiger partial charge is 0.370 e. The molecule has 0 bridgehead atoms. The Bertz CT molecular complexity index is 503. The highest BCUT2D eigenvalue weighted by molar-refractivity contribution is 6.01. The van der Waals surface area contributed by atoms with E-state index in [9.17, 15) is 14.4 Å². The van der Waals surface area contributed by atoms with Gasteiger partial charge < -0.3 is 10.6 Å². The molecule has 1 aliphatic rings. The quantitative estimate of drug-likeness (QED) is 0.620. The molecule has 6 nitrogen and oxygen atoms in total. The van der Waals surface area contributed by atoms with Crippen molar-refractivity contribution in [2.24, 2.45) is 5.73 Å². The first-order valence-corrected chi connectivity index (χ1v) is 7.44. The van der Waals surface area contributed by atoms with E-state index in [-0.39, 0.29) is 24.4 Å². The van der Waals surface area contributed by atoms with Gasteiger partial charge in [-0.1, -0.05) is 50.1 Å². The van der Waals surface area contributed by atoms with Crippen LogP contribution in [0.1, 0.15) is 38.2 Å². The van der Waals surface area contributed by atoms with Crippen molar-refractivity contribution in [2.75, 3.05) is 6.54 Å². The van der Waals surface area contributed by atoms with Crippen molar-refractivity contribution in [3.63, 3.8) is 0 Å². The molecule has 0 unspecified atom stereocenters. The summed E-state index contributed by atoms with van der Waals surface area (Å²) < 4.78 is 0. The maximum atomic E-state index is 11.2. The number of hydrogen-bond donors (Lipinski definition) is 2. The van der Waals surface area contributed by atoms with Gasteiger partial charge in [0.1, 0.15) is 6.54 Å². The molecule has 1 aliphatic heterocycles. The molecule has 0 spiro atoms. The van der Waals surface area contributed by atoms with Crippen molar-refractivity contribution < 1.29 is 14.4 Å². The summed E-state index contributed by atoms with van der Waals surface area (Å²) in [6, 6.07) is 9.28. The summed E-state index contributed by atoms with van der Waals surface area (Å²) in [6.07, 6.45) is 3.76. The van der Waals surface area contributed by atoms with Crippen LogP contribution in [0.25, 0.3) is 0 Å². The van der Waals surface area contributed by atoms with Crippen LogP contribution in [-0.4, -0.2) is 29.3 Å². The number of imide groups is 1. The Morgan fingerprint density at radius 1 is 1.23 bits per heavy atom. The monoisotopic (exact) mass is 305 g/mol. The maximum absolute atomic E-state index is 11.2. The molecular weight excluding hydrogens is 282 g/mol. The van der Waals surface area contributed by atoms with Gasteiger partial charge in [0.15, 0.2) is 0 Å². The highest BCUT2D eigenvalue weighted by atomic mass is 16.2. The van der Waals surface area contributed by atoms with Crippen LogP contribution in [0.15, 0.2) is 30.3 Å². The normalized spacial score (nSPS) is 13.4. The molecule has 120 valence electrons. The van der Waals surface area contributed by atoms with Crippen molar-refractivity contribution in [1.29, 1.82) is 0 Å². The van der Waals surface area contributed by atoms with E-state index in [0.717, 1.165) is 24.8 Å². The Hall–Kier alpha value is -2.37. The minimum atomic E-state index is -0.307. The smallest absolute Gasteiger partial charge is 0.324 e. The van der Waals surface area contributed by atoms with E-state index >= 15 is 0 Å². The van der Waals surface area contributed by atoms with Crippen molar-refractivity contribution >= 4 is 17.8 Å². The Morgan fingerprint density at radius 3 is 2.41 bits per heavy atom. The number of unbranched alkanes of at least 4 members (excludes halogenated alkanes) is 2. The van der Waals surface area contributed by atoms with Crippen LogP contribution in [0.4, 0.5) is 4.79 Å². The number of rotatable bonds is 6. The fraction of sp³-hybridized carbons (Fsp3) is 0.438. The van der Waals surface area contributed by atoms with Crippen molar-refractivity contribution in [1.82, 2.24) is 10.2 Å². The van der Waals surface area contributed by atoms with E-state index in [2.05, 4.69) is 12.2 Å². The number of hydrogen-bond acceptors (Lipinski definition) is 3. The zero-order valence-electron chi connectivity index (χ0n) is 12.9. The number of nitrogens with zero attached hydrogens (tertiary/aromatic N) is 1. The first-order chi connectivity index (χ1) is 10.5. The molecule has 0 saturated carbocycles. The van der Waals surface area contributed by atoms with Crippen LogP contribution in [0.3, 0.4) is 0 Å². The number of carbonyl (C=O) groups is 3. The molecular formula is C16H23N3O3. The van der Waals surface area contributed by atoms with E-state index < -0.39 is 0 Å².